The van der Waals surface area contributed by atoms with Crippen LogP contribution in [0.1, 0.15) is 146 Å². The van der Waals surface area contributed by atoms with Gasteiger partial charge in [0.25, 0.3) is 0 Å². The summed E-state index contributed by atoms with van der Waals surface area (Å²) in [5, 5.41) is 2.99. The second kappa shape index (κ2) is 14.7. The first-order valence-electron chi connectivity index (χ1n) is 16.2. The van der Waals surface area contributed by atoms with Gasteiger partial charge in [0, 0.05) is 12.1 Å². The van der Waals surface area contributed by atoms with E-state index in [1.807, 2.05) is 6.07 Å². The number of nitrogens with one attached hydrogen (secondary N) is 1. The van der Waals surface area contributed by atoms with E-state index in [9.17, 15) is 4.79 Å². The van der Waals surface area contributed by atoms with Crippen LogP contribution >= 0.6 is 0 Å². The zero-order chi connectivity index (χ0) is 26.9. The van der Waals surface area contributed by atoms with Crippen LogP contribution in [0.5, 0.6) is 0 Å². The molecule has 0 atom stereocenters. The Labute approximate surface area is 232 Å². The Kier molecular flexibility index (Phi) is 11.3. The summed E-state index contributed by atoms with van der Waals surface area (Å²) < 4.78 is 15.3. The van der Waals surface area contributed by atoms with Crippen LogP contribution in [0.3, 0.4) is 0 Å². The van der Waals surface area contributed by atoms with Gasteiger partial charge in [-0.3, -0.25) is 4.79 Å². The third-order valence-electron chi connectivity index (χ3n) is 10.6. The molecular formula is C35H54FNO. The van der Waals surface area contributed by atoms with Gasteiger partial charge in [0.1, 0.15) is 5.82 Å². The molecule has 1 aromatic carbocycles. The van der Waals surface area contributed by atoms with Crippen molar-refractivity contribution in [2.45, 2.75) is 135 Å². The highest BCUT2D eigenvalue weighted by atomic mass is 19.1. The first-order chi connectivity index (χ1) is 18.4. The summed E-state index contributed by atoms with van der Waals surface area (Å²) in [4.78, 5) is 11.7. The number of unbranched alkanes of at least 4 members (excludes halogenated alkanes) is 2. The van der Waals surface area contributed by atoms with Gasteiger partial charge in [-0.05, 0) is 130 Å². The summed E-state index contributed by atoms with van der Waals surface area (Å²) in [6.07, 6.45) is 21.8. The van der Waals surface area contributed by atoms with Crippen LogP contribution in [0.15, 0.2) is 30.4 Å². The molecule has 212 valence electrons. The van der Waals surface area contributed by atoms with E-state index in [-0.39, 0.29) is 11.7 Å². The summed E-state index contributed by atoms with van der Waals surface area (Å²) in [6.45, 7) is 8.53. The van der Waals surface area contributed by atoms with Crippen LogP contribution in [-0.2, 0) is 4.79 Å². The molecule has 3 heteroatoms. The molecular weight excluding hydrogens is 469 g/mol. The number of rotatable bonds is 11. The van der Waals surface area contributed by atoms with Crippen molar-refractivity contribution in [2.75, 3.05) is 6.54 Å². The van der Waals surface area contributed by atoms with E-state index >= 15 is 4.39 Å². The molecule has 3 aliphatic carbocycles. The molecule has 3 saturated carbocycles. The highest BCUT2D eigenvalue weighted by Gasteiger charge is 2.32. The normalized spacial score (nSPS) is 30.1. The first kappa shape index (κ1) is 29.3. The third-order valence-corrected chi connectivity index (χ3v) is 10.6. The molecule has 1 N–H and O–H groups in total. The van der Waals surface area contributed by atoms with E-state index in [1.54, 1.807) is 6.92 Å². The van der Waals surface area contributed by atoms with Crippen molar-refractivity contribution < 1.29 is 9.18 Å². The van der Waals surface area contributed by atoms with Crippen molar-refractivity contribution in [2.24, 2.45) is 23.7 Å². The number of carbonyl (C=O) groups excluding carboxylic acids is 1. The summed E-state index contributed by atoms with van der Waals surface area (Å²) in [5.74, 6) is 4.35. The van der Waals surface area contributed by atoms with Crippen molar-refractivity contribution in [3.8, 4) is 0 Å². The monoisotopic (exact) mass is 523 g/mol. The minimum absolute atomic E-state index is 0.0122. The lowest BCUT2D eigenvalue weighted by molar-refractivity contribution is -0.117. The average Bonchev–Trinajstić information content (AvgIpc) is 2.94. The van der Waals surface area contributed by atoms with Crippen molar-refractivity contribution >= 4 is 5.91 Å². The molecule has 38 heavy (non-hydrogen) atoms. The highest BCUT2D eigenvalue weighted by molar-refractivity contribution is 5.92. The number of hydrogen-bond acceptors (Lipinski definition) is 1. The fraction of sp³-hybridized carbons (Fsp3) is 0.743. The predicted molar refractivity (Wildman–Crippen MR) is 158 cm³/mol. The SMILES string of the molecule is C=C(C)C(=O)NCCC1CCC(C2CCC(c3ccc(C4CCC(CCCCC)CC4)cc3F)CC2)CC1. The van der Waals surface area contributed by atoms with E-state index in [0.29, 0.717) is 17.4 Å². The van der Waals surface area contributed by atoms with Gasteiger partial charge in [0.15, 0.2) is 0 Å². The fourth-order valence-corrected chi connectivity index (χ4v) is 7.99. The van der Waals surface area contributed by atoms with Gasteiger partial charge in [-0.1, -0.05) is 64.2 Å². The van der Waals surface area contributed by atoms with E-state index in [0.717, 1.165) is 55.0 Å². The summed E-state index contributed by atoms with van der Waals surface area (Å²) >= 11 is 0. The number of benzene rings is 1. The molecule has 0 radical (unpaired) electrons. The van der Waals surface area contributed by atoms with Crippen molar-refractivity contribution in [1.82, 2.24) is 5.32 Å². The Morgan fingerprint density at radius 3 is 2.03 bits per heavy atom. The van der Waals surface area contributed by atoms with Crippen LogP contribution in [0, 0.1) is 29.5 Å². The number of hydrogen-bond donors (Lipinski definition) is 1. The molecule has 0 spiro atoms. The zero-order valence-corrected chi connectivity index (χ0v) is 24.4. The second-order valence-corrected chi connectivity index (χ2v) is 13.2. The Morgan fingerprint density at radius 1 is 0.842 bits per heavy atom. The van der Waals surface area contributed by atoms with Gasteiger partial charge in [-0.15, -0.1) is 0 Å². The van der Waals surface area contributed by atoms with E-state index in [1.165, 1.54) is 95.5 Å². The van der Waals surface area contributed by atoms with E-state index < -0.39 is 0 Å². The van der Waals surface area contributed by atoms with Gasteiger partial charge < -0.3 is 5.32 Å². The third kappa shape index (κ3) is 8.18. The molecule has 4 rings (SSSR count). The van der Waals surface area contributed by atoms with E-state index in [2.05, 4.69) is 31.0 Å². The van der Waals surface area contributed by atoms with Crippen LogP contribution < -0.4 is 5.32 Å². The molecule has 0 saturated heterocycles. The summed E-state index contributed by atoms with van der Waals surface area (Å²) in [5.41, 5.74) is 2.83. The van der Waals surface area contributed by atoms with Crippen molar-refractivity contribution in [3.63, 3.8) is 0 Å². The van der Waals surface area contributed by atoms with Gasteiger partial charge in [-0.2, -0.15) is 0 Å². The molecule has 0 bridgehead atoms. The van der Waals surface area contributed by atoms with Crippen molar-refractivity contribution in [3.05, 3.63) is 47.3 Å². The quantitative estimate of drug-likeness (QED) is 0.227. The molecule has 0 aliphatic heterocycles. The first-order valence-corrected chi connectivity index (χ1v) is 16.2. The molecule has 0 aromatic heterocycles. The Balaban J connectivity index is 1.18. The lowest BCUT2D eigenvalue weighted by Crippen LogP contribution is -2.29. The number of amides is 1. The topological polar surface area (TPSA) is 29.1 Å². The molecule has 0 heterocycles. The van der Waals surface area contributed by atoms with Gasteiger partial charge in [0.05, 0.1) is 0 Å². The maximum atomic E-state index is 15.3. The molecule has 3 fully saturated rings. The Bertz CT molecular complexity index is 885. The van der Waals surface area contributed by atoms with Crippen LogP contribution in [-0.4, -0.2) is 12.5 Å². The maximum absolute atomic E-state index is 15.3. The molecule has 3 aliphatic rings. The number of halogens is 1. The minimum atomic E-state index is -0.0122. The minimum Gasteiger partial charge on any atom is -0.352 e. The summed E-state index contributed by atoms with van der Waals surface area (Å²) in [7, 11) is 0. The molecule has 1 amide bonds. The Morgan fingerprint density at radius 2 is 1.42 bits per heavy atom. The molecule has 2 nitrogen and oxygen atoms in total. The fourth-order valence-electron chi connectivity index (χ4n) is 7.99. The van der Waals surface area contributed by atoms with Gasteiger partial charge >= 0.3 is 0 Å². The van der Waals surface area contributed by atoms with E-state index in [4.69, 9.17) is 0 Å². The van der Waals surface area contributed by atoms with Crippen molar-refractivity contribution in [1.29, 1.82) is 0 Å². The van der Waals surface area contributed by atoms with Crippen LogP contribution in [0.2, 0.25) is 0 Å². The lowest BCUT2D eigenvalue weighted by Gasteiger charge is -2.38. The largest absolute Gasteiger partial charge is 0.352 e. The number of carbonyl (C=O) groups is 1. The molecule has 1 aromatic rings. The zero-order valence-electron chi connectivity index (χ0n) is 24.4. The smallest absolute Gasteiger partial charge is 0.246 e. The summed E-state index contributed by atoms with van der Waals surface area (Å²) in [6, 6.07) is 6.33. The Hall–Kier alpha value is -1.64. The van der Waals surface area contributed by atoms with Gasteiger partial charge in [0.2, 0.25) is 5.91 Å². The highest BCUT2D eigenvalue weighted by Crippen LogP contribution is 2.45. The maximum Gasteiger partial charge on any atom is 0.246 e. The van der Waals surface area contributed by atoms with Crippen LogP contribution in [0.25, 0.3) is 0 Å². The second-order valence-electron chi connectivity index (χ2n) is 13.2. The predicted octanol–water partition coefficient (Wildman–Crippen LogP) is 9.84. The van der Waals surface area contributed by atoms with Crippen LogP contribution in [0.4, 0.5) is 4.39 Å². The standard InChI is InChI=1S/C35H54FNO/c1-4-5-6-7-26-8-14-30(15-9-26)32-20-21-33(34(36)24-32)31-18-16-29(17-19-31)28-12-10-27(11-13-28)22-23-37-35(38)25(2)3/h20-21,24,26-31H,2,4-19,22-23H2,1,3H3,(H,37,38). The average molecular weight is 524 g/mol. The lowest BCUT2D eigenvalue weighted by atomic mass is 9.68. The molecule has 0 unspecified atom stereocenters. The van der Waals surface area contributed by atoms with Gasteiger partial charge in [-0.25, -0.2) is 4.39 Å².